The minimum atomic E-state index is -0.887. The lowest BCUT2D eigenvalue weighted by atomic mass is 10.1. The Morgan fingerprint density at radius 1 is 0.765 bits per heavy atom. The molecule has 0 unspecified atom stereocenters. The maximum absolute atomic E-state index is 13.0. The van der Waals surface area contributed by atoms with Crippen LogP contribution in [-0.4, -0.2) is 53.7 Å². The van der Waals surface area contributed by atoms with Crippen molar-refractivity contribution in [1.82, 2.24) is 9.80 Å². The molecule has 0 radical (unpaired) electrons. The van der Waals surface area contributed by atoms with Crippen LogP contribution in [0.4, 0.5) is 4.39 Å². The summed E-state index contributed by atoms with van der Waals surface area (Å²) in [6.45, 7) is 6.41. The van der Waals surface area contributed by atoms with E-state index < -0.39 is 5.97 Å². The van der Waals surface area contributed by atoms with Gasteiger partial charge in [-0.15, -0.1) is 0 Å². The molecule has 6 heteroatoms. The Morgan fingerprint density at radius 2 is 1.29 bits per heavy atom. The van der Waals surface area contributed by atoms with Crippen LogP contribution >= 0.6 is 0 Å². The van der Waals surface area contributed by atoms with E-state index in [2.05, 4.69) is 21.9 Å². The van der Waals surface area contributed by atoms with Crippen molar-refractivity contribution in [1.29, 1.82) is 0 Å². The number of carbonyl (C=O) groups is 1. The van der Waals surface area contributed by atoms with E-state index in [1.54, 1.807) is 24.3 Å². The van der Waals surface area contributed by atoms with Gasteiger partial charge in [0.2, 0.25) is 0 Å². The van der Waals surface area contributed by atoms with Crippen LogP contribution in [0.15, 0.2) is 72.8 Å². The number of nitrogens with zero attached hydrogens (tertiary/aromatic N) is 2. The van der Waals surface area contributed by atoms with Crippen LogP contribution in [0.5, 0.6) is 5.75 Å². The molecule has 0 spiro atoms. The molecule has 178 valence electrons. The fourth-order valence-electron chi connectivity index (χ4n) is 4.24. The number of halogens is 1. The van der Waals surface area contributed by atoms with Crippen molar-refractivity contribution in [3.63, 3.8) is 0 Å². The van der Waals surface area contributed by atoms with Gasteiger partial charge in [-0.1, -0.05) is 36.4 Å². The standard InChI is InChI=1S/C28H31FN2O3/c29-26-10-4-22(5-11-26)14-19-34-27-12-6-24(7-13-27)21-31-16-1-15-30(17-18-31)20-23-2-8-25(9-3-23)28(32)33/h2-13H,1,14-21H2,(H,32,33). The zero-order valence-electron chi connectivity index (χ0n) is 19.3. The minimum Gasteiger partial charge on any atom is -0.493 e. The molecule has 0 amide bonds. The van der Waals surface area contributed by atoms with Crippen LogP contribution in [-0.2, 0) is 19.5 Å². The fourth-order valence-corrected chi connectivity index (χ4v) is 4.24. The van der Waals surface area contributed by atoms with Crippen molar-refractivity contribution in [3.8, 4) is 5.75 Å². The Balaban J connectivity index is 1.21. The van der Waals surface area contributed by atoms with Crippen molar-refractivity contribution < 1.29 is 19.0 Å². The van der Waals surface area contributed by atoms with Gasteiger partial charge < -0.3 is 9.84 Å². The predicted octanol–water partition coefficient (Wildman–Crippen LogP) is 4.85. The summed E-state index contributed by atoms with van der Waals surface area (Å²) >= 11 is 0. The van der Waals surface area contributed by atoms with Crippen LogP contribution in [0.3, 0.4) is 0 Å². The number of rotatable bonds is 9. The molecule has 1 aliphatic heterocycles. The van der Waals surface area contributed by atoms with Gasteiger partial charge in [0.05, 0.1) is 12.2 Å². The van der Waals surface area contributed by atoms with E-state index in [9.17, 15) is 9.18 Å². The van der Waals surface area contributed by atoms with Gasteiger partial charge in [-0.3, -0.25) is 9.80 Å². The van der Waals surface area contributed by atoms with Gasteiger partial charge in [0.1, 0.15) is 11.6 Å². The van der Waals surface area contributed by atoms with Crippen LogP contribution in [0.25, 0.3) is 0 Å². The van der Waals surface area contributed by atoms with E-state index in [1.165, 1.54) is 17.7 Å². The van der Waals surface area contributed by atoms with Crippen molar-refractivity contribution in [2.24, 2.45) is 0 Å². The van der Waals surface area contributed by atoms with Crippen molar-refractivity contribution in [3.05, 3.63) is 101 Å². The lowest BCUT2D eigenvalue weighted by Crippen LogP contribution is -2.30. The van der Waals surface area contributed by atoms with Crippen molar-refractivity contribution >= 4 is 5.97 Å². The molecule has 1 saturated heterocycles. The highest BCUT2D eigenvalue weighted by Crippen LogP contribution is 2.16. The summed E-state index contributed by atoms with van der Waals surface area (Å²) in [5.41, 5.74) is 3.80. The summed E-state index contributed by atoms with van der Waals surface area (Å²) in [5, 5.41) is 9.06. The van der Waals surface area contributed by atoms with Gasteiger partial charge in [-0.05, 0) is 72.6 Å². The smallest absolute Gasteiger partial charge is 0.335 e. The second-order valence-corrected chi connectivity index (χ2v) is 8.78. The Bertz CT molecular complexity index is 1050. The van der Waals surface area contributed by atoms with E-state index in [4.69, 9.17) is 9.84 Å². The molecule has 4 rings (SSSR count). The maximum atomic E-state index is 13.0. The van der Waals surface area contributed by atoms with Gasteiger partial charge in [-0.25, -0.2) is 9.18 Å². The van der Waals surface area contributed by atoms with Gasteiger partial charge in [0.25, 0.3) is 0 Å². The van der Waals surface area contributed by atoms with Gasteiger partial charge in [0, 0.05) is 32.6 Å². The highest BCUT2D eigenvalue weighted by Gasteiger charge is 2.15. The number of carboxylic acids is 1. The summed E-state index contributed by atoms with van der Waals surface area (Å²) < 4.78 is 18.8. The van der Waals surface area contributed by atoms with E-state index >= 15 is 0 Å². The average Bonchev–Trinajstić information content (AvgIpc) is 3.07. The maximum Gasteiger partial charge on any atom is 0.335 e. The molecule has 5 nitrogen and oxygen atoms in total. The first-order valence-corrected chi connectivity index (χ1v) is 11.8. The third kappa shape index (κ3) is 7.14. The zero-order valence-corrected chi connectivity index (χ0v) is 19.3. The van der Waals surface area contributed by atoms with E-state index in [-0.39, 0.29) is 5.82 Å². The second-order valence-electron chi connectivity index (χ2n) is 8.78. The van der Waals surface area contributed by atoms with E-state index in [0.717, 1.165) is 69.0 Å². The molecular formula is C28H31FN2O3. The molecule has 0 bridgehead atoms. The van der Waals surface area contributed by atoms with E-state index in [0.29, 0.717) is 12.2 Å². The average molecular weight is 463 g/mol. The number of aromatic carboxylic acids is 1. The summed E-state index contributed by atoms with van der Waals surface area (Å²) in [4.78, 5) is 16.0. The first kappa shape index (κ1) is 23.9. The molecule has 0 aliphatic carbocycles. The topological polar surface area (TPSA) is 53.0 Å². The Hall–Kier alpha value is -3.22. The summed E-state index contributed by atoms with van der Waals surface area (Å²) in [7, 11) is 0. The Morgan fingerprint density at radius 3 is 1.85 bits per heavy atom. The summed E-state index contributed by atoms with van der Waals surface area (Å²) in [6.07, 6.45) is 1.85. The quantitative estimate of drug-likeness (QED) is 0.493. The largest absolute Gasteiger partial charge is 0.493 e. The number of carboxylic acid groups (broad SMARTS) is 1. The molecule has 1 heterocycles. The van der Waals surface area contributed by atoms with Crippen LogP contribution in [0.1, 0.15) is 33.5 Å². The monoisotopic (exact) mass is 462 g/mol. The number of hydrogen-bond donors (Lipinski definition) is 1. The number of benzene rings is 3. The highest BCUT2D eigenvalue weighted by atomic mass is 19.1. The molecule has 3 aromatic carbocycles. The minimum absolute atomic E-state index is 0.218. The molecule has 1 aliphatic rings. The zero-order chi connectivity index (χ0) is 23.8. The van der Waals surface area contributed by atoms with Crippen molar-refractivity contribution in [2.45, 2.75) is 25.9 Å². The fraction of sp³-hybridized carbons (Fsp3) is 0.321. The van der Waals surface area contributed by atoms with E-state index in [1.807, 2.05) is 24.3 Å². The number of hydrogen-bond acceptors (Lipinski definition) is 4. The molecule has 0 aromatic heterocycles. The van der Waals surface area contributed by atoms with Crippen LogP contribution in [0.2, 0.25) is 0 Å². The normalized spacial score (nSPS) is 15.1. The first-order chi connectivity index (χ1) is 16.5. The highest BCUT2D eigenvalue weighted by molar-refractivity contribution is 5.87. The molecule has 1 N–H and O–H groups in total. The molecule has 34 heavy (non-hydrogen) atoms. The SMILES string of the molecule is O=C(O)c1ccc(CN2CCCN(Cc3ccc(OCCc4ccc(F)cc4)cc3)CC2)cc1. The molecular weight excluding hydrogens is 431 g/mol. The third-order valence-corrected chi connectivity index (χ3v) is 6.19. The molecule has 0 atom stereocenters. The molecule has 3 aromatic rings. The van der Waals surface area contributed by atoms with Gasteiger partial charge >= 0.3 is 5.97 Å². The van der Waals surface area contributed by atoms with Crippen molar-refractivity contribution in [2.75, 3.05) is 32.8 Å². The first-order valence-electron chi connectivity index (χ1n) is 11.8. The van der Waals surface area contributed by atoms with Crippen LogP contribution < -0.4 is 4.74 Å². The summed E-state index contributed by atoms with van der Waals surface area (Å²) in [5.74, 6) is -0.256. The lowest BCUT2D eigenvalue weighted by molar-refractivity contribution is 0.0697. The molecule has 0 saturated carbocycles. The molecule has 1 fully saturated rings. The number of ether oxygens (including phenoxy) is 1. The summed E-state index contributed by atoms with van der Waals surface area (Å²) in [6, 6.07) is 22.0. The lowest BCUT2D eigenvalue weighted by Gasteiger charge is -2.22. The third-order valence-electron chi connectivity index (χ3n) is 6.19. The van der Waals surface area contributed by atoms with Gasteiger partial charge in [0.15, 0.2) is 0 Å². The van der Waals surface area contributed by atoms with Gasteiger partial charge in [-0.2, -0.15) is 0 Å². The predicted molar refractivity (Wildman–Crippen MR) is 131 cm³/mol. The Labute approximate surface area is 200 Å². The second kappa shape index (κ2) is 11.8. The Kier molecular flexibility index (Phi) is 8.28. The van der Waals surface area contributed by atoms with Crippen LogP contribution in [0, 0.1) is 5.82 Å².